The summed E-state index contributed by atoms with van der Waals surface area (Å²) in [6.07, 6.45) is 3.56. The molecule has 0 saturated heterocycles. The fourth-order valence-electron chi connectivity index (χ4n) is 5.43. The number of pyridine rings is 1. The second-order valence-corrected chi connectivity index (χ2v) is 15.7. The Hall–Kier alpha value is -9.51. The number of hydrogen-bond acceptors (Lipinski definition) is 10. The van der Waals surface area contributed by atoms with E-state index in [1.807, 2.05) is 86.4 Å². The predicted molar refractivity (Wildman–Crippen MR) is 254 cm³/mol. The quantitative estimate of drug-likeness (QED) is 0.136. The number of aromatic nitrogens is 5. The Morgan fingerprint density at radius 1 is 0.485 bits per heavy atom. The van der Waals surface area contributed by atoms with Gasteiger partial charge in [-0.05, 0) is 135 Å². The predicted octanol–water partition coefficient (Wildman–Crippen LogP) is 10.2. The first-order valence-electron chi connectivity index (χ1n) is 19.7. The van der Waals surface area contributed by atoms with E-state index in [9.17, 15) is 13.2 Å². The molecular formula is C54H32F3N9S2. The Labute approximate surface area is 399 Å². The van der Waals surface area contributed by atoms with Crippen LogP contribution in [-0.4, -0.2) is 24.5 Å². The summed E-state index contributed by atoms with van der Waals surface area (Å²) in [4.78, 5) is 16.5. The maximum atomic E-state index is 13.2. The monoisotopic (exact) mass is 927 g/mol. The number of nitrogens with zero attached hydrogens (tertiary/aromatic N) is 9. The average Bonchev–Trinajstić information content (AvgIpc) is 4.12. The summed E-state index contributed by atoms with van der Waals surface area (Å²) in [6.45, 7) is 5.72. The van der Waals surface area contributed by atoms with E-state index >= 15 is 0 Å². The molecule has 326 valence electrons. The lowest BCUT2D eigenvalue weighted by molar-refractivity contribution is 0.626. The average molecular weight is 928 g/mol. The first-order valence-corrected chi connectivity index (χ1v) is 21.6. The number of halogens is 3. The lowest BCUT2D eigenvalue weighted by Crippen LogP contribution is -1.86. The van der Waals surface area contributed by atoms with Gasteiger partial charge in [-0.25, -0.2) is 33.1 Å². The van der Waals surface area contributed by atoms with Crippen LogP contribution in [0.4, 0.5) is 13.2 Å². The van der Waals surface area contributed by atoms with Gasteiger partial charge in [0, 0.05) is 52.0 Å². The van der Waals surface area contributed by atoms with Crippen molar-refractivity contribution in [3.05, 3.63) is 221 Å². The lowest BCUT2D eigenvalue weighted by atomic mass is 10.1. The van der Waals surface area contributed by atoms with Crippen LogP contribution in [-0.2, 0) is 7.05 Å². The lowest BCUT2D eigenvalue weighted by Gasteiger charge is -1.95. The molecule has 0 radical (unpaired) electrons. The van der Waals surface area contributed by atoms with Gasteiger partial charge >= 0.3 is 0 Å². The van der Waals surface area contributed by atoms with Crippen LogP contribution < -0.4 is 0 Å². The Morgan fingerprint density at radius 2 is 0.941 bits per heavy atom. The van der Waals surface area contributed by atoms with Crippen LogP contribution in [0.25, 0.3) is 0 Å². The summed E-state index contributed by atoms with van der Waals surface area (Å²) in [5, 5.41) is 39.5. The van der Waals surface area contributed by atoms with Crippen LogP contribution in [0.3, 0.4) is 0 Å². The van der Waals surface area contributed by atoms with Crippen molar-refractivity contribution in [1.82, 2.24) is 24.5 Å². The third-order valence-electron chi connectivity index (χ3n) is 8.27. The second kappa shape index (κ2) is 25.1. The van der Waals surface area contributed by atoms with Crippen LogP contribution in [0.2, 0.25) is 0 Å². The van der Waals surface area contributed by atoms with Gasteiger partial charge in [-0.3, -0.25) is 0 Å². The first kappa shape index (κ1) is 49.5. The summed E-state index contributed by atoms with van der Waals surface area (Å²) in [5.74, 6) is 21.4. The second-order valence-electron chi connectivity index (χ2n) is 13.9. The third kappa shape index (κ3) is 16.9. The smallest absolute Gasteiger partial charge is 0.131 e. The fraction of sp³-hybridized carbons (Fsp3) is 0.0741. The summed E-state index contributed by atoms with van der Waals surface area (Å²) < 4.78 is 41.2. The molecule has 4 heterocycles. The van der Waals surface area contributed by atoms with Gasteiger partial charge in [-0.15, -0.1) is 22.7 Å². The maximum Gasteiger partial charge on any atom is 0.131 e. The standard InChI is InChI=1S/C15H9FN2.C14H11N3.C13H7FN2S.C12H5FN2S/c1-11-3-2-4-15(18-11)6-5-12-7-13(10-17)9-14(16)8-12;1-11-5-12(7-13(6-11)8-15)3-4-14-9-17(2)10-16-14;1-9-16-13(8-17-9)3-2-10-4-11(7-15)6-12(14)5-10;13-11-4-9(3-10(5-11)6-14)1-2-12-7-16-8-15-12/h2-4,7-9H,1H3;5-7,9-10H,1-2H3;4-6,8H,1H3;3-5,7-8H. The van der Waals surface area contributed by atoms with E-state index in [-0.39, 0.29) is 16.7 Å². The molecule has 0 amide bonds. The molecule has 0 fully saturated rings. The van der Waals surface area contributed by atoms with Gasteiger partial charge in [0.2, 0.25) is 0 Å². The highest BCUT2D eigenvalue weighted by Crippen LogP contribution is 2.12. The zero-order chi connectivity index (χ0) is 48.8. The van der Waals surface area contributed by atoms with E-state index in [0.29, 0.717) is 39.3 Å². The van der Waals surface area contributed by atoms with Crippen molar-refractivity contribution in [2.75, 3.05) is 0 Å². The van der Waals surface area contributed by atoms with Crippen molar-refractivity contribution in [1.29, 1.82) is 21.0 Å². The molecule has 0 unspecified atom stereocenters. The number of nitriles is 4. The molecule has 0 aliphatic heterocycles. The zero-order valence-electron chi connectivity index (χ0n) is 36.5. The number of rotatable bonds is 0. The largest absolute Gasteiger partial charge is 0.339 e. The van der Waals surface area contributed by atoms with Gasteiger partial charge in [0.05, 0.1) is 63.4 Å². The van der Waals surface area contributed by atoms with Crippen molar-refractivity contribution >= 4 is 22.7 Å². The SMILES string of the molecule is Cc1cc(C#N)cc(C#Cc2cn(C)cn2)c1.Cc1cccc(C#Cc2cc(F)cc(C#N)c2)n1.Cc1nc(C#Cc2cc(F)cc(C#N)c2)cs1.N#Cc1cc(F)cc(C#Cc2cscn2)c1. The molecule has 4 aromatic heterocycles. The molecule has 14 heteroatoms. The Balaban J connectivity index is 0.000000170. The van der Waals surface area contributed by atoms with Crippen LogP contribution in [0.5, 0.6) is 0 Å². The van der Waals surface area contributed by atoms with Crippen LogP contribution in [0.1, 0.15) is 83.5 Å². The van der Waals surface area contributed by atoms with Crippen LogP contribution in [0.15, 0.2) is 120 Å². The van der Waals surface area contributed by atoms with Crippen LogP contribution >= 0.6 is 22.7 Å². The molecule has 9 nitrogen and oxygen atoms in total. The topological polar surface area (TPSA) is 152 Å². The molecule has 0 atom stereocenters. The third-order valence-corrected chi connectivity index (χ3v) is 9.63. The van der Waals surface area contributed by atoms with E-state index in [1.165, 1.54) is 59.1 Å². The molecule has 8 rings (SSSR count). The minimum atomic E-state index is -0.462. The van der Waals surface area contributed by atoms with Crippen molar-refractivity contribution in [2.45, 2.75) is 20.8 Å². The molecule has 0 bridgehead atoms. The normalized spacial score (nSPS) is 9.16. The van der Waals surface area contributed by atoms with Gasteiger partial charge < -0.3 is 4.57 Å². The number of imidazole rings is 1. The number of thiazole rings is 2. The molecule has 4 aromatic carbocycles. The molecular weight excluding hydrogens is 896 g/mol. The molecule has 0 aliphatic rings. The van der Waals surface area contributed by atoms with E-state index in [2.05, 4.69) is 73.4 Å². The molecule has 0 saturated carbocycles. The highest BCUT2D eigenvalue weighted by atomic mass is 32.1. The van der Waals surface area contributed by atoms with Gasteiger partial charge in [0.1, 0.15) is 40.2 Å². The zero-order valence-corrected chi connectivity index (χ0v) is 38.2. The Kier molecular flexibility index (Phi) is 18.3. The summed E-state index contributed by atoms with van der Waals surface area (Å²) in [5.41, 5.74) is 9.94. The highest BCUT2D eigenvalue weighted by Gasteiger charge is 2.01. The number of benzene rings is 4. The molecule has 0 aliphatic carbocycles. The minimum absolute atomic E-state index is 0.261. The van der Waals surface area contributed by atoms with E-state index in [0.717, 1.165) is 27.5 Å². The Bertz CT molecular complexity index is 3420. The van der Waals surface area contributed by atoms with E-state index in [1.54, 1.807) is 47.5 Å². The Morgan fingerprint density at radius 3 is 1.38 bits per heavy atom. The summed E-state index contributed by atoms with van der Waals surface area (Å²) in [6, 6.07) is 30.9. The van der Waals surface area contributed by atoms with Crippen molar-refractivity contribution in [3.63, 3.8) is 0 Å². The van der Waals surface area contributed by atoms with Gasteiger partial charge in [-0.2, -0.15) is 21.0 Å². The van der Waals surface area contributed by atoms with Gasteiger partial charge in [-0.1, -0.05) is 29.7 Å². The van der Waals surface area contributed by atoms with Crippen molar-refractivity contribution in [3.8, 4) is 71.6 Å². The van der Waals surface area contributed by atoms with Crippen LogP contribution in [0, 0.1) is 131 Å². The molecule has 0 spiro atoms. The van der Waals surface area contributed by atoms with Gasteiger partial charge in [0.15, 0.2) is 0 Å². The summed E-state index contributed by atoms with van der Waals surface area (Å²) >= 11 is 2.96. The van der Waals surface area contributed by atoms with Crippen molar-refractivity contribution < 1.29 is 13.2 Å². The number of aryl methyl sites for hydroxylation is 4. The number of hydrogen-bond donors (Lipinski definition) is 0. The van der Waals surface area contributed by atoms with Gasteiger partial charge in [0.25, 0.3) is 0 Å². The highest BCUT2D eigenvalue weighted by molar-refractivity contribution is 7.09. The fourth-order valence-corrected chi connectivity index (χ4v) is 6.46. The van der Waals surface area contributed by atoms with E-state index < -0.39 is 17.5 Å². The van der Waals surface area contributed by atoms with E-state index in [4.69, 9.17) is 21.0 Å². The minimum Gasteiger partial charge on any atom is -0.339 e. The molecule has 8 aromatic rings. The molecule has 68 heavy (non-hydrogen) atoms. The maximum absolute atomic E-state index is 13.2. The molecule has 0 N–H and O–H groups in total. The first-order chi connectivity index (χ1) is 32.8. The van der Waals surface area contributed by atoms with Crippen molar-refractivity contribution in [2.24, 2.45) is 7.05 Å². The summed E-state index contributed by atoms with van der Waals surface area (Å²) in [7, 11) is 1.90.